The van der Waals surface area contributed by atoms with Crippen LogP contribution in [0.4, 0.5) is 5.69 Å². The summed E-state index contributed by atoms with van der Waals surface area (Å²) in [5.74, 6) is 1.07. The van der Waals surface area contributed by atoms with Crippen LogP contribution in [-0.2, 0) is 4.79 Å². The van der Waals surface area contributed by atoms with Gasteiger partial charge in [-0.3, -0.25) is 4.79 Å². The lowest BCUT2D eigenvalue weighted by Crippen LogP contribution is -2.53. The molecule has 6 heteroatoms. The molecule has 2 aliphatic rings. The molecular weight excluding hydrogens is 376 g/mol. The van der Waals surface area contributed by atoms with Crippen LogP contribution in [0.5, 0.6) is 5.75 Å². The fourth-order valence-corrected chi connectivity index (χ4v) is 4.45. The Bertz CT molecular complexity index is 875. The maximum absolute atomic E-state index is 13.1. The highest BCUT2D eigenvalue weighted by atomic mass is 16.5. The standard InChI is InChI=1S/C24H32N4O2/c1-4-30-20-8-6-19(7-9-20)21-16-22(26-25-21)24(29)28-13-11-27(12-14-28)23-10-5-17(2)15-18(23)3/h5-10,15,21-22,25-26H,4,11-14,16H2,1-3H3. The van der Waals surface area contributed by atoms with Gasteiger partial charge in [0, 0.05) is 37.9 Å². The number of benzene rings is 2. The molecule has 0 spiro atoms. The van der Waals surface area contributed by atoms with E-state index in [2.05, 4.69) is 59.9 Å². The second kappa shape index (κ2) is 9.06. The van der Waals surface area contributed by atoms with E-state index in [0.29, 0.717) is 6.61 Å². The van der Waals surface area contributed by atoms with Gasteiger partial charge in [0.15, 0.2) is 0 Å². The van der Waals surface area contributed by atoms with E-state index in [1.54, 1.807) is 0 Å². The van der Waals surface area contributed by atoms with Crippen LogP contribution in [0.3, 0.4) is 0 Å². The third-order valence-corrected chi connectivity index (χ3v) is 6.08. The summed E-state index contributed by atoms with van der Waals surface area (Å²) in [7, 11) is 0. The van der Waals surface area contributed by atoms with E-state index >= 15 is 0 Å². The number of nitrogens with one attached hydrogen (secondary N) is 2. The van der Waals surface area contributed by atoms with E-state index in [-0.39, 0.29) is 18.0 Å². The van der Waals surface area contributed by atoms with Crippen molar-refractivity contribution < 1.29 is 9.53 Å². The van der Waals surface area contributed by atoms with Crippen LogP contribution in [0.25, 0.3) is 0 Å². The number of hydrogen-bond acceptors (Lipinski definition) is 5. The van der Waals surface area contributed by atoms with E-state index in [1.807, 2.05) is 24.0 Å². The minimum absolute atomic E-state index is 0.131. The van der Waals surface area contributed by atoms with Crippen molar-refractivity contribution in [3.63, 3.8) is 0 Å². The third kappa shape index (κ3) is 4.45. The summed E-state index contributed by atoms with van der Waals surface area (Å²) in [6.45, 7) is 10.2. The summed E-state index contributed by atoms with van der Waals surface area (Å²) < 4.78 is 5.52. The van der Waals surface area contributed by atoms with Crippen LogP contribution in [0.2, 0.25) is 0 Å². The van der Waals surface area contributed by atoms with Crippen molar-refractivity contribution in [2.75, 3.05) is 37.7 Å². The zero-order valence-electron chi connectivity index (χ0n) is 18.1. The van der Waals surface area contributed by atoms with Crippen molar-refractivity contribution in [3.05, 3.63) is 59.2 Å². The molecule has 0 saturated carbocycles. The number of anilines is 1. The van der Waals surface area contributed by atoms with Gasteiger partial charge in [-0.25, -0.2) is 10.9 Å². The average Bonchev–Trinajstić information content (AvgIpc) is 3.24. The molecule has 1 amide bonds. The number of hydrogen-bond donors (Lipinski definition) is 2. The van der Waals surface area contributed by atoms with E-state index in [9.17, 15) is 4.79 Å². The number of carbonyl (C=O) groups excluding carboxylic acids is 1. The minimum Gasteiger partial charge on any atom is -0.494 e. The van der Waals surface area contributed by atoms with Crippen molar-refractivity contribution in [1.82, 2.24) is 15.8 Å². The Morgan fingerprint density at radius 3 is 2.43 bits per heavy atom. The Kier molecular flexibility index (Phi) is 6.25. The Balaban J connectivity index is 1.31. The minimum atomic E-state index is -0.186. The highest BCUT2D eigenvalue weighted by molar-refractivity contribution is 5.82. The highest BCUT2D eigenvalue weighted by Gasteiger charge is 2.34. The Morgan fingerprint density at radius 1 is 1.03 bits per heavy atom. The van der Waals surface area contributed by atoms with Crippen LogP contribution < -0.4 is 20.5 Å². The lowest BCUT2D eigenvalue weighted by Gasteiger charge is -2.37. The molecule has 0 aromatic heterocycles. The second-order valence-corrected chi connectivity index (χ2v) is 8.23. The van der Waals surface area contributed by atoms with Gasteiger partial charge >= 0.3 is 0 Å². The summed E-state index contributed by atoms with van der Waals surface area (Å²) >= 11 is 0. The number of rotatable bonds is 5. The molecule has 2 aromatic carbocycles. The van der Waals surface area contributed by atoms with Gasteiger partial charge in [-0.15, -0.1) is 0 Å². The van der Waals surface area contributed by atoms with Gasteiger partial charge in [-0.1, -0.05) is 29.8 Å². The van der Waals surface area contributed by atoms with Crippen LogP contribution >= 0.6 is 0 Å². The largest absolute Gasteiger partial charge is 0.494 e. The van der Waals surface area contributed by atoms with Crippen molar-refractivity contribution in [2.45, 2.75) is 39.3 Å². The molecule has 2 fully saturated rings. The maximum Gasteiger partial charge on any atom is 0.241 e. The fraction of sp³-hybridized carbons (Fsp3) is 0.458. The molecule has 2 aromatic rings. The SMILES string of the molecule is CCOc1ccc(C2CC(C(=O)N3CCN(c4ccc(C)cc4C)CC3)NN2)cc1. The first kappa shape index (κ1) is 20.7. The lowest BCUT2D eigenvalue weighted by molar-refractivity contribution is -0.133. The Labute approximate surface area is 179 Å². The van der Waals surface area contributed by atoms with Crippen LogP contribution in [0.1, 0.15) is 36.1 Å². The topological polar surface area (TPSA) is 56.8 Å². The number of hydrazine groups is 1. The zero-order valence-corrected chi connectivity index (χ0v) is 18.1. The lowest BCUT2D eigenvalue weighted by atomic mass is 10.0. The van der Waals surface area contributed by atoms with Gasteiger partial charge in [0.25, 0.3) is 0 Å². The third-order valence-electron chi connectivity index (χ3n) is 6.08. The molecule has 4 rings (SSSR count). The number of piperazine rings is 1. The van der Waals surface area contributed by atoms with Crippen molar-refractivity contribution in [3.8, 4) is 5.75 Å². The quantitative estimate of drug-likeness (QED) is 0.797. The van der Waals surface area contributed by atoms with Gasteiger partial charge in [0.05, 0.1) is 6.61 Å². The Hall–Kier alpha value is -2.57. The number of amides is 1. The van der Waals surface area contributed by atoms with Crippen LogP contribution in [0.15, 0.2) is 42.5 Å². The molecular formula is C24H32N4O2. The molecule has 30 heavy (non-hydrogen) atoms. The molecule has 2 unspecified atom stereocenters. The van der Waals surface area contributed by atoms with Crippen LogP contribution in [0, 0.1) is 13.8 Å². The zero-order chi connectivity index (χ0) is 21.1. The Morgan fingerprint density at radius 2 is 1.77 bits per heavy atom. The molecule has 0 radical (unpaired) electrons. The van der Waals surface area contributed by atoms with Crippen molar-refractivity contribution >= 4 is 11.6 Å². The van der Waals surface area contributed by atoms with Gasteiger partial charge in [-0.05, 0) is 56.5 Å². The molecule has 0 bridgehead atoms. The van der Waals surface area contributed by atoms with Crippen LogP contribution in [-0.4, -0.2) is 49.6 Å². The predicted octanol–water partition coefficient (Wildman–Crippen LogP) is 2.96. The molecule has 2 heterocycles. The van der Waals surface area contributed by atoms with Gasteiger partial charge in [0.1, 0.15) is 11.8 Å². The smallest absolute Gasteiger partial charge is 0.241 e. The summed E-state index contributed by atoms with van der Waals surface area (Å²) in [6.07, 6.45) is 0.754. The number of ether oxygens (including phenoxy) is 1. The molecule has 2 atom stereocenters. The predicted molar refractivity (Wildman–Crippen MR) is 120 cm³/mol. The number of nitrogens with zero attached hydrogens (tertiary/aromatic N) is 2. The fourth-order valence-electron chi connectivity index (χ4n) is 4.45. The molecule has 2 aliphatic heterocycles. The van der Waals surface area contributed by atoms with Crippen molar-refractivity contribution in [2.24, 2.45) is 0 Å². The molecule has 160 valence electrons. The summed E-state index contributed by atoms with van der Waals surface area (Å²) in [4.78, 5) is 17.4. The van der Waals surface area contributed by atoms with Gasteiger partial charge < -0.3 is 14.5 Å². The first-order chi connectivity index (χ1) is 14.5. The number of aryl methyl sites for hydroxylation is 2. The molecule has 2 N–H and O–H groups in total. The summed E-state index contributed by atoms with van der Waals surface area (Å²) in [6, 6.07) is 14.6. The van der Waals surface area contributed by atoms with E-state index in [0.717, 1.165) is 38.3 Å². The van der Waals surface area contributed by atoms with Crippen molar-refractivity contribution in [1.29, 1.82) is 0 Å². The number of carbonyl (C=O) groups is 1. The molecule has 6 nitrogen and oxygen atoms in total. The van der Waals surface area contributed by atoms with E-state index in [1.165, 1.54) is 22.4 Å². The second-order valence-electron chi connectivity index (χ2n) is 8.23. The highest BCUT2D eigenvalue weighted by Crippen LogP contribution is 2.26. The van der Waals surface area contributed by atoms with E-state index < -0.39 is 0 Å². The first-order valence-electron chi connectivity index (χ1n) is 10.9. The monoisotopic (exact) mass is 408 g/mol. The van der Waals surface area contributed by atoms with Gasteiger partial charge in [-0.2, -0.15) is 0 Å². The normalized spacial score (nSPS) is 21.7. The van der Waals surface area contributed by atoms with E-state index in [4.69, 9.17) is 4.74 Å². The maximum atomic E-state index is 13.1. The van der Waals surface area contributed by atoms with Gasteiger partial charge in [0.2, 0.25) is 5.91 Å². The molecule has 0 aliphatic carbocycles. The summed E-state index contributed by atoms with van der Waals surface area (Å²) in [5, 5.41) is 0. The molecule has 2 saturated heterocycles. The summed E-state index contributed by atoms with van der Waals surface area (Å²) in [5.41, 5.74) is 11.5. The first-order valence-corrected chi connectivity index (χ1v) is 10.9. The average molecular weight is 409 g/mol.